The molecule has 1 aromatic heterocycles. The highest BCUT2D eigenvalue weighted by atomic mass is 32.1. The molecule has 0 saturated heterocycles. The molecule has 3 rings (SSSR count). The van der Waals surface area contributed by atoms with Gasteiger partial charge in [0, 0.05) is 24.0 Å². The molecule has 0 aliphatic carbocycles. The molecule has 0 saturated carbocycles. The second-order valence-corrected chi connectivity index (χ2v) is 5.36. The number of nitrogens with zero attached hydrogens (tertiary/aromatic N) is 2. The Morgan fingerprint density at radius 3 is 2.43 bits per heavy atom. The highest BCUT2D eigenvalue weighted by molar-refractivity contribution is 7.18. The fourth-order valence-electron chi connectivity index (χ4n) is 1.86. The van der Waals surface area contributed by atoms with Gasteiger partial charge in [-0.2, -0.15) is 0 Å². The van der Waals surface area contributed by atoms with E-state index in [0.717, 1.165) is 21.3 Å². The minimum absolute atomic E-state index is 0.0888. The van der Waals surface area contributed by atoms with Crippen LogP contribution in [0.3, 0.4) is 0 Å². The standard InChI is InChI=1S/C15H11N3O2S/c19-18(20)13-8-6-11(7-9-13)14-10-16-15(21-14)17-12-4-2-1-3-5-12/h1-10H,(H,16,17). The zero-order chi connectivity index (χ0) is 14.7. The monoisotopic (exact) mass is 297 g/mol. The van der Waals surface area contributed by atoms with E-state index in [2.05, 4.69) is 10.3 Å². The van der Waals surface area contributed by atoms with Crippen molar-refractivity contribution in [2.45, 2.75) is 0 Å². The van der Waals surface area contributed by atoms with E-state index >= 15 is 0 Å². The maximum Gasteiger partial charge on any atom is 0.269 e. The van der Waals surface area contributed by atoms with E-state index in [1.54, 1.807) is 18.3 Å². The lowest BCUT2D eigenvalue weighted by atomic mass is 10.2. The van der Waals surface area contributed by atoms with E-state index in [4.69, 9.17) is 0 Å². The first-order chi connectivity index (χ1) is 10.2. The fraction of sp³-hybridized carbons (Fsp3) is 0. The normalized spacial score (nSPS) is 10.3. The van der Waals surface area contributed by atoms with Crippen LogP contribution in [-0.2, 0) is 0 Å². The summed E-state index contributed by atoms with van der Waals surface area (Å²) in [4.78, 5) is 15.5. The molecular formula is C15H11N3O2S. The number of non-ortho nitro benzene ring substituents is 1. The van der Waals surface area contributed by atoms with Crippen LogP contribution in [0.15, 0.2) is 60.8 Å². The molecule has 1 heterocycles. The van der Waals surface area contributed by atoms with Crippen molar-refractivity contribution in [3.05, 3.63) is 70.9 Å². The van der Waals surface area contributed by atoms with Crippen molar-refractivity contribution in [3.63, 3.8) is 0 Å². The largest absolute Gasteiger partial charge is 0.332 e. The van der Waals surface area contributed by atoms with Crippen molar-refractivity contribution in [1.82, 2.24) is 4.98 Å². The SMILES string of the molecule is O=[N+]([O-])c1ccc(-c2cnc(Nc3ccccc3)s2)cc1. The number of para-hydroxylation sites is 1. The van der Waals surface area contributed by atoms with Gasteiger partial charge in [0.25, 0.3) is 5.69 Å². The Kier molecular flexibility index (Phi) is 3.61. The van der Waals surface area contributed by atoms with E-state index in [0.29, 0.717) is 0 Å². The van der Waals surface area contributed by atoms with Crippen LogP contribution < -0.4 is 5.32 Å². The van der Waals surface area contributed by atoms with Gasteiger partial charge in [-0.15, -0.1) is 0 Å². The third kappa shape index (κ3) is 3.06. The molecule has 5 nitrogen and oxygen atoms in total. The van der Waals surface area contributed by atoms with Crippen LogP contribution in [0.1, 0.15) is 0 Å². The molecule has 0 radical (unpaired) electrons. The molecule has 0 aliphatic rings. The Morgan fingerprint density at radius 1 is 1.05 bits per heavy atom. The Hall–Kier alpha value is -2.73. The van der Waals surface area contributed by atoms with E-state index < -0.39 is 4.92 Å². The molecule has 0 spiro atoms. The summed E-state index contributed by atoms with van der Waals surface area (Å²) in [6.45, 7) is 0. The van der Waals surface area contributed by atoms with Crippen molar-refractivity contribution in [3.8, 4) is 10.4 Å². The molecule has 3 aromatic rings. The summed E-state index contributed by atoms with van der Waals surface area (Å²) in [6, 6.07) is 16.3. The highest BCUT2D eigenvalue weighted by Crippen LogP contribution is 2.31. The lowest BCUT2D eigenvalue weighted by Gasteiger charge is -2.00. The minimum Gasteiger partial charge on any atom is -0.332 e. The van der Waals surface area contributed by atoms with Gasteiger partial charge in [-0.3, -0.25) is 10.1 Å². The van der Waals surface area contributed by atoms with Crippen molar-refractivity contribution in [1.29, 1.82) is 0 Å². The Morgan fingerprint density at radius 2 is 1.76 bits per heavy atom. The van der Waals surface area contributed by atoms with E-state index in [1.165, 1.54) is 23.5 Å². The molecule has 21 heavy (non-hydrogen) atoms. The lowest BCUT2D eigenvalue weighted by Crippen LogP contribution is -1.87. The summed E-state index contributed by atoms with van der Waals surface area (Å²) in [5, 5.41) is 14.7. The van der Waals surface area contributed by atoms with Crippen LogP contribution in [0.4, 0.5) is 16.5 Å². The first-order valence-corrected chi connectivity index (χ1v) is 7.07. The zero-order valence-electron chi connectivity index (χ0n) is 10.9. The molecular weight excluding hydrogens is 286 g/mol. The number of rotatable bonds is 4. The second kappa shape index (κ2) is 5.72. The van der Waals surface area contributed by atoms with Gasteiger partial charge in [-0.1, -0.05) is 29.5 Å². The molecule has 0 amide bonds. The number of benzene rings is 2. The third-order valence-corrected chi connectivity index (χ3v) is 3.86. The van der Waals surface area contributed by atoms with Gasteiger partial charge in [-0.25, -0.2) is 4.98 Å². The molecule has 0 atom stereocenters. The van der Waals surface area contributed by atoms with Crippen molar-refractivity contribution in [2.24, 2.45) is 0 Å². The Labute approximate surface area is 125 Å². The van der Waals surface area contributed by atoms with Gasteiger partial charge in [0.1, 0.15) is 0 Å². The summed E-state index contributed by atoms with van der Waals surface area (Å²) < 4.78 is 0. The predicted octanol–water partition coefficient (Wildman–Crippen LogP) is 4.46. The Balaban J connectivity index is 1.80. The van der Waals surface area contributed by atoms with E-state index in [1.807, 2.05) is 30.3 Å². The van der Waals surface area contributed by atoms with Gasteiger partial charge < -0.3 is 5.32 Å². The summed E-state index contributed by atoms with van der Waals surface area (Å²) in [6.07, 6.45) is 1.76. The summed E-state index contributed by atoms with van der Waals surface area (Å²) in [5.41, 5.74) is 1.98. The third-order valence-electron chi connectivity index (χ3n) is 2.89. The fourth-order valence-corrected chi connectivity index (χ4v) is 2.70. The van der Waals surface area contributed by atoms with Crippen LogP contribution in [0.5, 0.6) is 0 Å². The zero-order valence-corrected chi connectivity index (χ0v) is 11.7. The smallest absolute Gasteiger partial charge is 0.269 e. The number of aromatic nitrogens is 1. The van der Waals surface area contributed by atoms with Gasteiger partial charge >= 0.3 is 0 Å². The average molecular weight is 297 g/mol. The lowest BCUT2D eigenvalue weighted by molar-refractivity contribution is -0.384. The average Bonchev–Trinajstić information content (AvgIpc) is 2.97. The molecule has 0 unspecified atom stereocenters. The number of thiazole rings is 1. The van der Waals surface area contributed by atoms with Crippen LogP contribution in [0, 0.1) is 10.1 Å². The van der Waals surface area contributed by atoms with Crippen molar-refractivity contribution >= 4 is 27.8 Å². The molecule has 104 valence electrons. The first kappa shape index (κ1) is 13.3. The predicted molar refractivity (Wildman–Crippen MR) is 83.9 cm³/mol. The maximum atomic E-state index is 10.6. The van der Waals surface area contributed by atoms with Crippen LogP contribution >= 0.6 is 11.3 Å². The van der Waals surface area contributed by atoms with E-state index in [-0.39, 0.29) is 5.69 Å². The van der Waals surface area contributed by atoms with Crippen LogP contribution in [0.25, 0.3) is 10.4 Å². The number of nitro benzene ring substituents is 1. The van der Waals surface area contributed by atoms with Crippen molar-refractivity contribution < 1.29 is 4.92 Å². The number of hydrogen-bond acceptors (Lipinski definition) is 5. The van der Waals surface area contributed by atoms with Gasteiger partial charge in [0.2, 0.25) is 0 Å². The number of anilines is 2. The molecule has 6 heteroatoms. The molecule has 2 aromatic carbocycles. The Bertz CT molecular complexity index is 754. The first-order valence-electron chi connectivity index (χ1n) is 6.25. The molecule has 0 aliphatic heterocycles. The molecule has 0 fully saturated rings. The minimum atomic E-state index is -0.404. The second-order valence-electron chi connectivity index (χ2n) is 4.32. The van der Waals surface area contributed by atoms with Crippen molar-refractivity contribution in [2.75, 3.05) is 5.32 Å². The topological polar surface area (TPSA) is 68.1 Å². The highest BCUT2D eigenvalue weighted by Gasteiger charge is 2.08. The van der Waals surface area contributed by atoms with Gasteiger partial charge in [0.15, 0.2) is 5.13 Å². The van der Waals surface area contributed by atoms with Crippen LogP contribution in [0.2, 0.25) is 0 Å². The number of nitrogens with one attached hydrogen (secondary N) is 1. The molecule has 1 N–H and O–H groups in total. The quantitative estimate of drug-likeness (QED) is 0.570. The maximum absolute atomic E-state index is 10.6. The van der Waals surface area contributed by atoms with Gasteiger partial charge in [-0.05, 0) is 29.8 Å². The summed E-state index contributed by atoms with van der Waals surface area (Å²) >= 11 is 1.50. The number of nitro groups is 1. The summed E-state index contributed by atoms with van der Waals surface area (Å²) in [7, 11) is 0. The molecule has 0 bridgehead atoms. The number of hydrogen-bond donors (Lipinski definition) is 1. The van der Waals surface area contributed by atoms with Gasteiger partial charge in [0.05, 0.1) is 9.80 Å². The van der Waals surface area contributed by atoms with Crippen LogP contribution in [-0.4, -0.2) is 9.91 Å². The summed E-state index contributed by atoms with van der Waals surface area (Å²) in [5.74, 6) is 0. The van der Waals surface area contributed by atoms with E-state index in [9.17, 15) is 10.1 Å².